The number of halogens is 1. The number of rotatable bonds is 4. The summed E-state index contributed by atoms with van der Waals surface area (Å²) in [6.45, 7) is 10.5. The third-order valence-corrected chi connectivity index (χ3v) is 3.61. The fourth-order valence-corrected chi connectivity index (χ4v) is 2.92. The monoisotopic (exact) mass is 291 g/mol. The Bertz CT molecular complexity index is 537. The predicted octanol–water partition coefficient (Wildman–Crippen LogP) is 1.59. The van der Waals surface area contributed by atoms with Gasteiger partial charge in [0.2, 0.25) is 5.52 Å². The molecule has 0 saturated heterocycles. The van der Waals surface area contributed by atoms with Gasteiger partial charge >= 0.3 is 0 Å². The normalized spacial score (nSPS) is 13.0. The summed E-state index contributed by atoms with van der Waals surface area (Å²) in [7, 11) is 0. The van der Waals surface area contributed by atoms with Crippen LogP contribution in [0.5, 0.6) is 0 Å². The van der Waals surface area contributed by atoms with E-state index in [4.69, 9.17) is 0 Å². The molecule has 0 aliphatic heterocycles. The Kier molecular flexibility index (Phi) is 6.01. The molecule has 1 aromatic heterocycles. The zero-order valence-electron chi connectivity index (χ0n) is 13.1. The zero-order valence-corrected chi connectivity index (χ0v) is 13.8. The zero-order chi connectivity index (χ0) is 13.9. The summed E-state index contributed by atoms with van der Waals surface area (Å²) in [6, 6.07) is 13.0. The molecule has 110 valence electrons. The number of aromatic nitrogens is 1. The lowest BCUT2D eigenvalue weighted by Gasteiger charge is -2.22. The van der Waals surface area contributed by atoms with E-state index in [1.807, 2.05) is 0 Å². The van der Waals surface area contributed by atoms with Gasteiger partial charge in [-0.15, -0.1) is 0 Å². The number of pyridine rings is 1. The lowest BCUT2D eigenvalue weighted by molar-refractivity contribution is -0.672. The molecule has 1 unspecified atom stereocenters. The van der Waals surface area contributed by atoms with Crippen LogP contribution in [-0.2, 0) is 6.54 Å². The fraction of sp³-hybridized carbons (Fsp3) is 0.500. The lowest BCUT2D eigenvalue weighted by Crippen LogP contribution is -3.00. The van der Waals surface area contributed by atoms with Gasteiger partial charge in [0.05, 0.1) is 0 Å². The van der Waals surface area contributed by atoms with Gasteiger partial charge in [-0.05, 0) is 29.9 Å². The van der Waals surface area contributed by atoms with E-state index in [1.54, 1.807) is 0 Å². The molecule has 1 atom stereocenters. The van der Waals surface area contributed by atoms with E-state index in [1.165, 1.54) is 23.7 Å². The summed E-state index contributed by atoms with van der Waals surface area (Å²) in [5.41, 5.74) is 1.77. The van der Waals surface area contributed by atoms with E-state index < -0.39 is 0 Å². The summed E-state index contributed by atoms with van der Waals surface area (Å²) in [6.07, 6.45) is 4.74. The highest BCUT2D eigenvalue weighted by Crippen LogP contribution is 2.25. The Morgan fingerprint density at radius 3 is 2.40 bits per heavy atom. The molecule has 0 radical (unpaired) electrons. The number of nitrogens with zero attached hydrogens (tertiary/aromatic N) is 1. The van der Waals surface area contributed by atoms with Crippen molar-refractivity contribution < 1.29 is 17.0 Å². The number of hydrogen-bond donors (Lipinski definition) is 0. The van der Waals surface area contributed by atoms with Crippen LogP contribution in [0, 0.1) is 11.3 Å². The minimum absolute atomic E-state index is 0. The molecule has 0 saturated carbocycles. The summed E-state index contributed by atoms with van der Waals surface area (Å²) < 4.78 is 2.38. The third-order valence-electron chi connectivity index (χ3n) is 3.61. The highest BCUT2D eigenvalue weighted by atomic mass is 35.5. The lowest BCUT2D eigenvalue weighted by atomic mass is 9.84. The third kappa shape index (κ3) is 4.79. The molecule has 0 amide bonds. The van der Waals surface area contributed by atoms with E-state index in [0.717, 1.165) is 12.5 Å². The number of para-hydroxylation sites is 1. The SMILES string of the molecule is CC(CC[n+]1cccc2ccccc21)CC(C)(C)C.[Cl-]. The van der Waals surface area contributed by atoms with Crippen molar-refractivity contribution in [3.63, 3.8) is 0 Å². The molecule has 0 aliphatic rings. The van der Waals surface area contributed by atoms with Crippen LogP contribution in [0.3, 0.4) is 0 Å². The van der Waals surface area contributed by atoms with Crippen molar-refractivity contribution in [1.29, 1.82) is 0 Å². The predicted molar refractivity (Wildman–Crippen MR) is 82.0 cm³/mol. The Morgan fingerprint density at radius 1 is 1.05 bits per heavy atom. The van der Waals surface area contributed by atoms with Gasteiger partial charge in [-0.2, -0.15) is 4.57 Å². The van der Waals surface area contributed by atoms with Gasteiger partial charge < -0.3 is 12.4 Å². The van der Waals surface area contributed by atoms with Crippen LogP contribution in [0.15, 0.2) is 42.6 Å². The van der Waals surface area contributed by atoms with Crippen molar-refractivity contribution in [2.24, 2.45) is 11.3 Å². The fourth-order valence-electron chi connectivity index (χ4n) is 2.92. The molecule has 2 rings (SSSR count). The van der Waals surface area contributed by atoms with Crippen LogP contribution >= 0.6 is 0 Å². The smallest absolute Gasteiger partial charge is 0.212 e. The first-order valence-electron chi connectivity index (χ1n) is 7.33. The Labute approximate surface area is 129 Å². The van der Waals surface area contributed by atoms with Crippen LogP contribution < -0.4 is 17.0 Å². The van der Waals surface area contributed by atoms with Gasteiger partial charge in [-0.3, -0.25) is 0 Å². The molecule has 1 aromatic carbocycles. The molecular weight excluding hydrogens is 266 g/mol. The molecule has 2 heteroatoms. The summed E-state index contributed by atoms with van der Waals surface area (Å²) in [5.74, 6) is 0.770. The molecule has 20 heavy (non-hydrogen) atoms. The van der Waals surface area contributed by atoms with Gasteiger partial charge in [0.25, 0.3) is 0 Å². The summed E-state index contributed by atoms with van der Waals surface area (Å²) in [5, 5.41) is 1.33. The average molecular weight is 292 g/mol. The first kappa shape index (κ1) is 17.0. The highest BCUT2D eigenvalue weighted by molar-refractivity contribution is 5.74. The molecule has 0 aliphatic carbocycles. The Hall–Kier alpha value is -1.08. The quantitative estimate of drug-likeness (QED) is 0.754. The summed E-state index contributed by atoms with van der Waals surface area (Å²) >= 11 is 0. The van der Waals surface area contributed by atoms with Gasteiger partial charge in [0.1, 0.15) is 6.54 Å². The molecule has 0 spiro atoms. The van der Waals surface area contributed by atoms with Crippen molar-refractivity contribution in [3.8, 4) is 0 Å². The number of benzene rings is 1. The standard InChI is InChI=1S/C18H26N.ClH/c1-15(14-18(2,3)4)11-13-19-12-7-9-16-8-5-6-10-17(16)19;/h5-10,12,15H,11,13-14H2,1-4H3;1H/q+1;/p-1. The molecule has 0 N–H and O–H groups in total. The van der Waals surface area contributed by atoms with E-state index in [-0.39, 0.29) is 12.4 Å². The molecule has 2 aromatic rings. The second kappa shape index (κ2) is 7.08. The maximum atomic E-state index is 2.38. The molecule has 1 heterocycles. The molecule has 1 nitrogen and oxygen atoms in total. The van der Waals surface area contributed by atoms with Gasteiger partial charge in [0.15, 0.2) is 6.20 Å². The van der Waals surface area contributed by atoms with E-state index in [0.29, 0.717) is 5.41 Å². The van der Waals surface area contributed by atoms with Crippen molar-refractivity contribution in [3.05, 3.63) is 42.6 Å². The minimum atomic E-state index is 0. The van der Waals surface area contributed by atoms with Crippen LogP contribution in [0.25, 0.3) is 10.9 Å². The molecule has 0 bridgehead atoms. The van der Waals surface area contributed by atoms with E-state index in [9.17, 15) is 0 Å². The van der Waals surface area contributed by atoms with Gasteiger partial charge in [-0.25, -0.2) is 0 Å². The maximum Gasteiger partial charge on any atom is 0.212 e. The Morgan fingerprint density at radius 2 is 1.70 bits per heavy atom. The van der Waals surface area contributed by atoms with Crippen LogP contribution in [-0.4, -0.2) is 0 Å². The second-order valence-electron chi connectivity index (χ2n) is 6.92. The summed E-state index contributed by atoms with van der Waals surface area (Å²) in [4.78, 5) is 0. The maximum absolute atomic E-state index is 2.38. The largest absolute Gasteiger partial charge is 1.00 e. The van der Waals surface area contributed by atoms with Crippen molar-refractivity contribution in [2.75, 3.05) is 0 Å². The minimum Gasteiger partial charge on any atom is -1.00 e. The number of fused-ring (bicyclic) bond motifs is 1. The topological polar surface area (TPSA) is 3.88 Å². The van der Waals surface area contributed by atoms with E-state index >= 15 is 0 Å². The van der Waals surface area contributed by atoms with Crippen molar-refractivity contribution in [2.45, 2.75) is 47.1 Å². The first-order valence-corrected chi connectivity index (χ1v) is 7.33. The Balaban J connectivity index is 0.00000200. The first-order chi connectivity index (χ1) is 8.96. The van der Waals surface area contributed by atoms with Crippen molar-refractivity contribution in [1.82, 2.24) is 0 Å². The van der Waals surface area contributed by atoms with Gasteiger partial charge in [-0.1, -0.05) is 39.8 Å². The number of hydrogen-bond acceptors (Lipinski definition) is 0. The van der Waals surface area contributed by atoms with Crippen LogP contribution in [0.4, 0.5) is 0 Å². The van der Waals surface area contributed by atoms with Crippen LogP contribution in [0.1, 0.15) is 40.5 Å². The van der Waals surface area contributed by atoms with Crippen molar-refractivity contribution >= 4 is 10.9 Å². The second-order valence-corrected chi connectivity index (χ2v) is 6.92. The number of aryl methyl sites for hydroxylation is 1. The average Bonchev–Trinajstić information content (AvgIpc) is 2.34. The van der Waals surface area contributed by atoms with Gasteiger partial charge in [0, 0.05) is 23.9 Å². The molecule has 0 fully saturated rings. The van der Waals surface area contributed by atoms with E-state index in [2.05, 4.69) is 74.9 Å². The molecular formula is C18H26ClN. The highest BCUT2D eigenvalue weighted by Gasteiger charge is 2.17. The van der Waals surface area contributed by atoms with Crippen LogP contribution in [0.2, 0.25) is 0 Å².